The van der Waals surface area contributed by atoms with Crippen LogP contribution in [0.15, 0.2) is 48.7 Å². The highest BCUT2D eigenvalue weighted by Crippen LogP contribution is 2.17. The van der Waals surface area contributed by atoms with Gasteiger partial charge in [0.2, 0.25) is 0 Å². The lowest BCUT2D eigenvalue weighted by Crippen LogP contribution is -2.50. The summed E-state index contributed by atoms with van der Waals surface area (Å²) in [4.78, 5) is 32.8. The zero-order valence-electron chi connectivity index (χ0n) is 17.0. The first kappa shape index (κ1) is 20.8. The molecule has 1 aliphatic rings. The second-order valence-electron chi connectivity index (χ2n) is 7.29. The zero-order valence-corrected chi connectivity index (χ0v) is 17.0. The van der Waals surface area contributed by atoms with Gasteiger partial charge in [0.05, 0.1) is 12.7 Å². The lowest BCUT2D eigenvalue weighted by molar-refractivity contribution is 0.0600. The van der Waals surface area contributed by atoms with Crippen LogP contribution < -0.4 is 5.32 Å². The molecular formula is C22H28N4O3. The average Bonchev–Trinajstić information content (AvgIpc) is 2.78. The summed E-state index contributed by atoms with van der Waals surface area (Å²) in [5.74, 6) is -0.393. The van der Waals surface area contributed by atoms with E-state index in [1.807, 2.05) is 29.3 Å². The molecule has 29 heavy (non-hydrogen) atoms. The molecule has 0 spiro atoms. The van der Waals surface area contributed by atoms with E-state index in [1.165, 1.54) is 7.11 Å². The number of esters is 1. The van der Waals surface area contributed by atoms with Gasteiger partial charge in [0.15, 0.2) is 0 Å². The van der Waals surface area contributed by atoms with Crippen LogP contribution >= 0.6 is 0 Å². The van der Waals surface area contributed by atoms with Gasteiger partial charge in [-0.05, 0) is 56.3 Å². The molecular weight excluding hydrogens is 368 g/mol. The van der Waals surface area contributed by atoms with Crippen molar-refractivity contribution in [2.24, 2.45) is 0 Å². The fraction of sp³-hybridized carbons (Fsp3) is 0.409. The number of nitrogens with zero attached hydrogens (tertiary/aromatic N) is 3. The summed E-state index contributed by atoms with van der Waals surface area (Å²) >= 11 is 0. The topological polar surface area (TPSA) is 74.8 Å². The minimum Gasteiger partial charge on any atom is -0.465 e. The van der Waals surface area contributed by atoms with Crippen LogP contribution in [0.1, 0.15) is 28.9 Å². The number of aromatic nitrogens is 1. The van der Waals surface area contributed by atoms with E-state index >= 15 is 0 Å². The van der Waals surface area contributed by atoms with Gasteiger partial charge in [-0.1, -0.05) is 6.07 Å². The van der Waals surface area contributed by atoms with E-state index in [4.69, 9.17) is 4.74 Å². The summed E-state index contributed by atoms with van der Waals surface area (Å²) in [5.41, 5.74) is 2.20. The number of pyridine rings is 1. The van der Waals surface area contributed by atoms with Crippen molar-refractivity contribution in [2.45, 2.75) is 25.3 Å². The number of urea groups is 1. The maximum Gasteiger partial charge on any atom is 0.337 e. The monoisotopic (exact) mass is 396 g/mol. The number of amides is 2. The smallest absolute Gasteiger partial charge is 0.337 e. The molecule has 1 atom stereocenters. The van der Waals surface area contributed by atoms with Gasteiger partial charge in [0, 0.05) is 49.7 Å². The van der Waals surface area contributed by atoms with Crippen molar-refractivity contribution < 1.29 is 14.3 Å². The van der Waals surface area contributed by atoms with Gasteiger partial charge in [0.1, 0.15) is 0 Å². The molecule has 1 aromatic carbocycles. The first-order valence-corrected chi connectivity index (χ1v) is 9.91. The average molecular weight is 396 g/mol. The molecule has 7 nitrogen and oxygen atoms in total. The first-order chi connectivity index (χ1) is 14.1. The number of rotatable bonds is 6. The molecule has 7 heteroatoms. The van der Waals surface area contributed by atoms with Crippen molar-refractivity contribution in [1.82, 2.24) is 14.8 Å². The quantitative estimate of drug-likeness (QED) is 0.760. The normalized spacial score (nSPS) is 16.5. The van der Waals surface area contributed by atoms with Gasteiger partial charge in [0.25, 0.3) is 0 Å². The zero-order chi connectivity index (χ0) is 20.6. The van der Waals surface area contributed by atoms with Crippen LogP contribution in [-0.4, -0.2) is 66.6 Å². The van der Waals surface area contributed by atoms with Crippen molar-refractivity contribution in [3.63, 3.8) is 0 Å². The largest absolute Gasteiger partial charge is 0.465 e. The van der Waals surface area contributed by atoms with E-state index in [0.717, 1.165) is 38.0 Å². The number of hydrogen-bond donors (Lipinski definition) is 1. The van der Waals surface area contributed by atoms with E-state index in [9.17, 15) is 9.59 Å². The molecule has 1 saturated heterocycles. The molecule has 0 aliphatic carbocycles. The number of methoxy groups -OCH3 is 1. The molecule has 2 aromatic rings. The molecule has 1 N–H and O–H groups in total. The molecule has 2 amide bonds. The number of nitrogens with one attached hydrogen (secondary N) is 1. The second kappa shape index (κ2) is 10.0. The van der Waals surface area contributed by atoms with Crippen LogP contribution in [0.2, 0.25) is 0 Å². The van der Waals surface area contributed by atoms with Crippen molar-refractivity contribution in [3.8, 4) is 0 Å². The summed E-state index contributed by atoms with van der Waals surface area (Å²) < 4.78 is 4.69. The Balaban J connectivity index is 1.51. The molecule has 1 aromatic heterocycles. The van der Waals surface area contributed by atoms with Gasteiger partial charge in [-0.15, -0.1) is 0 Å². The fourth-order valence-electron chi connectivity index (χ4n) is 3.53. The Hall–Kier alpha value is -2.93. The number of benzene rings is 1. The Morgan fingerprint density at radius 1 is 1.24 bits per heavy atom. The van der Waals surface area contributed by atoms with Crippen LogP contribution in [0.5, 0.6) is 0 Å². The lowest BCUT2D eigenvalue weighted by atomic mass is 10.0. The predicted octanol–water partition coefficient (Wildman–Crippen LogP) is 3.04. The third-order valence-corrected chi connectivity index (χ3v) is 5.31. The maximum absolute atomic E-state index is 12.7. The highest BCUT2D eigenvalue weighted by Gasteiger charge is 2.26. The van der Waals surface area contributed by atoms with Crippen LogP contribution in [-0.2, 0) is 11.2 Å². The van der Waals surface area contributed by atoms with Crippen molar-refractivity contribution in [2.75, 3.05) is 39.1 Å². The summed E-state index contributed by atoms with van der Waals surface area (Å²) in [7, 11) is 3.46. The Labute approximate surface area is 171 Å². The third-order valence-electron chi connectivity index (χ3n) is 5.31. The highest BCUT2D eigenvalue weighted by molar-refractivity contribution is 5.92. The summed E-state index contributed by atoms with van der Waals surface area (Å²) in [6.07, 6.45) is 4.77. The van der Waals surface area contributed by atoms with E-state index in [2.05, 4.69) is 22.2 Å². The first-order valence-electron chi connectivity index (χ1n) is 9.91. The van der Waals surface area contributed by atoms with Crippen molar-refractivity contribution in [1.29, 1.82) is 0 Å². The summed E-state index contributed by atoms with van der Waals surface area (Å²) in [6.45, 7) is 2.35. The molecule has 0 radical (unpaired) electrons. The standard InChI is InChI=1S/C22H28N4O3/c1-25(15-12-18-6-3-4-13-23-18)20-7-5-14-26(16-20)22(28)24-19-10-8-17(9-11-19)21(27)29-2/h3-4,6,8-11,13,20H,5,7,12,14-16H2,1-2H3,(H,24,28)/t20-/m1/s1. The lowest BCUT2D eigenvalue weighted by Gasteiger charge is -2.37. The number of hydrogen-bond acceptors (Lipinski definition) is 5. The van der Waals surface area contributed by atoms with Crippen LogP contribution in [0.25, 0.3) is 0 Å². The molecule has 3 rings (SSSR count). The predicted molar refractivity (Wildman–Crippen MR) is 112 cm³/mol. The third kappa shape index (κ3) is 5.77. The number of piperidine rings is 1. The Morgan fingerprint density at radius 3 is 2.72 bits per heavy atom. The SMILES string of the molecule is COC(=O)c1ccc(NC(=O)N2CCC[C@@H](N(C)CCc3ccccn3)C2)cc1. The van der Waals surface area contributed by atoms with Crippen molar-refractivity contribution >= 4 is 17.7 Å². The van der Waals surface area contributed by atoms with E-state index in [-0.39, 0.29) is 6.03 Å². The maximum atomic E-state index is 12.7. The second-order valence-corrected chi connectivity index (χ2v) is 7.29. The Bertz CT molecular complexity index is 811. The number of anilines is 1. The minimum absolute atomic E-state index is 0.112. The van der Waals surface area contributed by atoms with Gasteiger partial charge >= 0.3 is 12.0 Å². The van der Waals surface area contributed by atoms with Gasteiger partial charge in [-0.25, -0.2) is 9.59 Å². The Morgan fingerprint density at radius 2 is 2.03 bits per heavy atom. The van der Waals surface area contributed by atoms with Crippen LogP contribution in [0, 0.1) is 0 Å². The fourth-order valence-corrected chi connectivity index (χ4v) is 3.53. The number of likely N-dealkylation sites (tertiary alicyclic amines) is 1. The van der Waals surface area contributed by atoms with E-state index < -0.39 is 5.97 Å². The number of likely N-dealkylation sites (N-methyl/N-ethyl adjacent to an activating group) is 1. The molecule has 1 fully saturated rings. The number of carbonyl (C=O) groups excluding carboxylic acids is 2. The Kier molecular flexibility index (Phi) is 7.19. The minimum atomic E-state index is -0.393. The van der Waals surface area contributed by atoms with Gasteiger partial charge in [-0.3, -0.25) is 4.98 Å². The van der Waals surface area contributed by atoms with Crippen molar-refractivity contribution in [3.05, 3.63) is 59.9 Å². The van der Waals surface area contributed by atoms with Crippen LogP contribution in [0.4, 0.5) is 10.5 Å². The molecule has 2 heterocycles. The van der Waals surface area contributed by atoms with Gasteiger partial charge in [-0.2, -0.15) is 0 Å². The number of ether oxygens (including phenoxy) is 1. The summed E-state index contributed by atoms with van der Waals surface area (Å²) in [5, 5.41) is 2.92. The summed E-state index contributed by atoms with van der Waals surface area (Å²) in [6, 6.07) is 12.9. The molecule has 0 unspecified atom stereocenters. The molecule has 0 saturated carbocycles. The highest BCUT2D eigenvalue weighted by atomic mass is 16.5. The van der Waals surface area contributed by atoms with E-state index in [0.29, 0.717) is 23.8 Å². The van der Waals surface area contributed by atoms with Crippen LogP contribution in [0.3, 0.4) is 0 Å². The van der Waals surface area contributed by atoms with E-state index in [1.54, 1.807) is 24.3 Å². The number of carbonyl (C=O) groups is 2. The molecule has 0 bridgehead atoms. The molecule has 154 valence electrons. The van der Waals surface area contributed by atoms with Gasteiger partial charge < -0.3 is 19.9 Å². The molecule has 1 aliphatic heterocycles.